The van der Waals surface area contributed by atoms with Gasteiger partial charge in [-0.25, -0.2) is 8.42 Å². The average Bonchev–Trinajstić information content (AvgIpc) is 2.89. The van der Waals surface area contributed by atoms with Gasteiger partial charge < -0.3 is 15.0 Å². The summed E-state index contributed by atoms with van der Waals surface area (Å²) in [6.07, 6.45) is 0. The smallest absolute Gasteiger partial charge is 0.264 e. The second kappa shape index (κ2) is 13.0. The highest BCUT2D eigenvalue weighted by molar-refractivity contribution is 7.92. The number of ether oxygens (including phenoxy) is 1. The number of carbonyl (C=O) groups is 2. The molecule has 41 heavy (non-hydrogen) atoms. The van der Waals surface area contributed by atoms with Gasteiger partial charge in [-0.1, -0.05) is 47.5 Å². The Bertz CT molecular complexity index is 1500. The Morgan fingerprint density at radius 2 is 1.61 bits per heavy atom. The molecule has 1 N–H and O–H groups in total. The molecule has 0 aliphatic heterocycles. The van der Waals surface area contributed by atoms with Gasteiger partial charge in [-0.2, -0.15) is 0 Å². The maximum atomic E-state index is 14.1. The van der Waals surface area contributed by atoms with E-state index in [1.807, 2.05) is 34.6 Å². The molecule has 0 unspecified atom stereocenters. The molecule has 0 aliphatic rings. The number of nitrogens with one attached hydrogen (secondary N) is 1. The van der Waals surface area contributed by atoms with Crippen molar-refractivity contribution in [2.75, 3.05) is 18.0 Å². The molecule has 0 aliphatic carbocycles. The highest BCUT2D eigenvalue weighted by atomic mass is 35.5. The van der Waals surface area contributed by atoms with E-state index in [2.05, 4.69) is 5.32 Å². The number of nitrogens with zero attached hydrogens (tertiary/aromatic N) is 2. The summed E-state index contributed by atoms with van der Waals surface area (Å²) < 4.78 is 34.7. The van der Waals surface area contributed by atoms with Crippen LogP contribution in [-0.2, 0) is 26.2 Å². The van der Waals surface area contributed by atoms with E-state index >= 15 is 0 Å². The zero-order chi connectivity index (χ0) is 30.5. The SMILES string of the molecule is COc1ccc(C)cc1N(CC(=O)N(Cc1cccc(Cl)c1)[C@@H](C)C(=O)NC(C)(C)C)S(=O)(=O)c1ccc(C)cc1. The van der Waals surface area contributed by atoms with E-state index in [9.17, 15) is 18.0 Å². The molecule has 220 valence electrons. The van der Waals surface area contributed by atoms with Crippen molar-refractivity contribution in [2.24, 2.45) is 0 Å². The molecule has 0 bridgehead atoms. The number of halogens is 1. The van der Waals surface area contributed by atoms with Crippen LogP contribution in [0.5, 0.6) is 5.75 Å². The fraction of sp³-hybridized carbons (Fsp3) is 0.355. The number of benzene rings is 3. The predicted molar refractivity (Wildman–Crippen MR) is 163 cm³/mol. The van der Waals surface area contributed by atoms with Crippen molar-refractivity contribution in [3.8, 4) is 5.75 Å². The van der Waals surface area contributed by atoms with E-state index in [1.54, 1.807) is 61.5 Å². The van der Waals surface area contributed by atoms with E-state index < -0.39 is 34.1 Å². The van der Waals surface area contributed by atoms with E-state index in [4.69, 9.17) is 16.3 Å². The Balaban J connectivity index is 2.11. The van der Waals surface area contributed by atoms with E-state index in [1.165, 1.54) is 24.1 Å². The molecule has 0 saturated carbocycles. The van der Waals surface area contributed by atoms with Gasteiger partial charge in [-0.05, 0) is 89.1 Å². The topological polar surface area (TPSA) is 96.0 Å². The lowest BCUT2D eigenvalue weighted by atomic mass is 10.1. The molecule has 0 heterocycles. The molecular weight excluding hydrogens is 562 g/mol. The van der Waals surface area contributed by atoms with Crippen LogP contribution >= 0.6 is 11.6 Å². The number of hydrogen-bond acceptors (Lipinski definition) is 5. The maximum absolute atomic E-state index is 14.1. The van der Waals surface area contributed by atoms with Gasteiger partial charge in [-0.3, -0.25) is 13.9 Å². The maximum Gasteiger partial charge on any atom is 0.264 e. The summed E-state index contributed by atoms with van der Waals surface area (Å²) in [5.41, 5.74) is 2.06. The average molecular weight is 600 g/mol. The Kier molecular flexibility index (Phi) is 10.1. The van der Waals surface area contributed by atoms with Gasteiger partial charge in [0.2, 0.25) is 11.8 Å². The highest BCUT2D eigenvalue weighted by Crippen LogP contribution is 2.34. The minimum Gasteiger partial charge on any atom is -0.495 e. The molecule has 1 atom stereocenters. The molecule has 10 heteroatoms. The van der Waals surface area contributed by atoms with Crippen molar-refractivity contribution in [3.63, 3.8) is 0 Å². The Morgan fingerprint density at radius 1 is 0.976 bits per heavy atom. The van der Waals surface area contributed by atoms with Crippen LogP contribution in [0.4, 0.5) is 5.69 Å². The first kappa shape index (κ1) is 32.0. The quantitative estimate of drug-likeness (QED) is 0.332. The summed E-state index contributed by atoms with van der Waals surface area (Å²) in [6, 6.07) is 17.6. The summed E-state index contributed by atoms with van der Waals surface area (Å²) >= 11 is 6.20. The van der Waals surface area contributed by atoms with Crippen molar-refractivity contribution >= 4 is 39.1 Å². The lowest BCUT2D eigenvalue weighted by Gasteiger charge is -2.34. The molecular formula is C31H38ClN3O5S. The molecule has 3 rings (SSSR count). The first-order valence-electron chi connectivity index (χ1n) is 13.2. The normalized spacial score (nSPS) is 12.4. The Morgan fingerprint density at radius 3 is 2.20 bits per heavy atom. The van der Waals surface area contributed by atoms with Crippen molar-refractivity contribution in [1.29, 1.82) is 0 Å². The van der Waals surface area contributed by atoms with Gasteiger partial charge in [-0.15, -0.1) is 0 Å². The van der Waals surface area contributed by atoms with Crippen LogP contribution in [0.1, 0.15) is 44.4 Å². The van der Waals surface area contributed by atoms with Crippen molar-refractivity contribution in [2.45, 2.75) is 64.6 Å². The van der Waals surface area contributed by atoms with Crippen molar-refractivity contribution in [3.05, 3.63) is 88.4 Å². The number of amides is 2. The molecule has 3 aromatic rings. The molecule has 0 spiro atoms. The van der Waals surface area contributed by atoms with Gasteiger partial charge in [0.25, 0.3) is 10.0 Å². The minimum absolute atomic E-state index is 0.0272. The van der Waals surface area contributed by atoms with Crippen molar-refractivity contribution in [1.82, 2.24) is 10.2 Å². The minimum atomic E-state index is -4.22. The van der Waals surface area contributed by atoms with E-state index in [-0.39, 0.29) is 23.0 Å². The zero-order valence-corrected chi connectivity index (χ0v) is 26.1. The summed E-state index contributed by atoms with van der Waals surface area (Å²) in [4.78, 5) is 28.7. The van der Waals surface area contributed by atoms with E-state index in [0.29, 0.717) is 16.3 Å². The molecule has 0 saturated heterocycles. The van der Waals surface area contributed by atoms with Crippen LogP contribution in [0.2, 0.25) is 5.02 Å². The second-order valence-corrected chi connectivity index (χ2v) is 13.4. The number of carbonyl (C=O) groups excluding carboxylic acids is 2. The Hall–Kier alpha value is -3.56. The number of rotatable bonds is 10. The summed E-state index contributed by atoms with van der Waals surface area (Å²) in [6.45, 7) is 10.3. The lowest BCUT2D eigenvalue weighted by molar-refractivity contribution is -0.140. The first-order valence-corrected chi connectivity index (χ1v) is 15.0. The number of aryl methyl sites for hydroxylation is 2. The van der Waals surface area contributed by atoms with Crippen LogP contribution in [0, 0.1) is 13.8 Å². The molecule has 0 radical (unpaired) electrons. The second-order valence-electron chi connectivity index (χ2n) is 11.1. The predicted octanol–water partition coefficient (Wildman–Crippen LogP) is 5.49. The Labute approximate surface area is 248 Å². The largest absolute Gasteiger partial charge is 0.495 e. The molecule has 0 fully saturated rings. The van der Waals surface area contributed by atoms with E-state index in [0.717, 1.165) is 15.4 Å². The molecule has 0 aromatic heterocycles. The summed E-state index contributed by atoms with van der Waals surface area (Å²) in [5, 5.41) is 3.39. The summed E-state index contributed by atoms with van der Waals surface area (Å²) in [7, 11) is -2.78. The van der Waals surface area contributed by atoms with Crippen LogP contribution < -0.4 is 14.4 Å². The van der Waals surface area contributed by atoms with Crippen LogP contribution in [0.3, 0.4) is 0 Å². The fourth-order valence-electron chi connectivity index (χ4n) is 4.23. The number of hydrogen-bond donors (Lipinski definition) is 1. The van der Waals surface area contributed by atoms with Gasteiger partial charge >= 0.3 is 0 Å². The number of anilines is 1. The van der Waals surface area contributed by atoms with Gasteiger partial charge in [0, 0.05) is 17.1 Å². The monoisotopic (exact) mass is 599 g/mol. The third kappa shape index (κ3) is 8.24. The number of methoxy groups -OCH3 is 1. The molecule has 3 aromatic carbocycles. The van der Waals surface area contributed by atoms with Crippen LogP contribution in [-0.4, -0.2) is 50.4 Å². The highest BCUT2D eigenvalue weighted by Gasteiger charge is 2.34. The summed E-state index contributed by atoms with van der Waals surface area (Å²) in [5.74, 6) is -0.645. The molecule has 2 amide bonds. The zero-order valence-electron chi connectivity index (χ0n) is 24.6. The van der Waals surface area contributed by atoms with Gasteiger partial charge in [0.05, 0.1) is 17.7 Å². The third-order valence-corrected chi connectivity index (χ3v) is 8.41. The standard InChI is InChI=1S/C31H38ClN3O5S/c1-21-11-14-26(15-12-21)41(38,39)35(27-17-22(2)13-16-28(27)40-7)20-29(36)34(19-24-9-8-10-25(32)18-24)23(3)30(37)33-31(4,5)6/h8-18,23H,19-20H2,1-7H3,(H,33,37)/t23-/m0/s1. The third-order valence-electron chi connectivity index (χ3n) is 6.40. The fourth-order valence-corrected chi connectivity index (χ4v) is 5.86. The lowest BCUT2D eigenvalue weighted by Crippen LogP contribution is -2.54. The number of sulfonamides is 1. The van der Waals surface area contributed by atoms with Crippen LogP contribution in [0.15, 0.2) is 71.6 Å². The molecule has 8 nitrogen and oxygen atoms in total. The van der Waals surface area contributed by atoms with Gasteiger partial charge in [0.15, 0.2) is 0 Å². The van der Waals surface area contributed by atoms with Gasteiger partial charge in [0.1, 0.15) is 18.3 Å². The van der Waals surface area contributed by atoms with Crippen molar-refractivity contribution < 1.29 is 22.7 Å². The van der Waals surface area contributed by atoms with Crippen LogP contribution in [0.25, 0.3) is 0 Å². The first-order chi connectivity index (χ1) is 19.1.